The fourth-order valence-corrected chi connectivity index (χ4v) is 3.55. The molecule has 0 unspecified atom stereocenters. The summed E-state index contributed by atoms with van der Waals surface area (Å²) in [7, 11) is -3.58. The van der Waals surface area contributed by atoms with Gasteiger partial charge in [-0.3, -0.25) is 10.1 Å². The summed E-state index contributed by atoms with van der Waals surface area (Å²) in [5.74, 6) is -0.152. The number of hydrogen-bond acceptors (Lipinski definition) is 5. The molecule has 0 aromatic heterocycles. The first-order valence-corrected chi connectivity index (χ1v) is 7.91. The molecular formula is C11H14BrNO5S. The molecule has 19 heavy (non-hydrogen) atoms. The number of halogens is 1. The smallest absolute Gasteiger partial charge is 0.269 e. The molecule has 0 bridgehead atoms. The van der Waals surface area contributed by atoms with Gasteiger partial charge >= 0.3 is 0 Å². The summed E-state index contributed by atoms with van der Waals surface area (Å²) >= 11 is 3.02. The third-order valence-electron chi connectivity index (χ3n) is 2.87. The molecule has 6 nitrogen and oxygen atoms in total. The highest BCUT2D eigenvalue weighted by molar-refractivity contribution is 9.11. The van der Waals surface area contributed by atoms with E-state index in [2.05, 4.69) is 15.9 Å². The molecule has 1 aromatic carbocycles. The molecule has 0 spiro atoms. The van der Waals surface area contributed by atoms with Gasteiger partial charge < -0.3 is 5.11 Å². The number of nitrogens with zero attached hydrogens (tertiary/aromatic N) is 1. The Bertz CT molecular complexity index is 585. The Hall–Kier alpha value is -0.990. The first-order chi connectivity index (χ1) is 8.63. The Balaban J connectivity index is 3.24. The standard InChI is InChI=1S/C11H14BrNO5S/c1-3-19(17,18)11(2,12)10(14)8-5-4-6-9(7-8)13(15)16/h4-7,10,14H,3H2,1-2H3/t10-,11-/m1/s1. The van der Waals surface area contributed by atoms with Crippen LogP contribution in [0.4, 0.5) is 5.69 Å². The van der Waals surface area contributed by atoms with Gasteiger partial charge in [-0.15, -0.1) is 0 Å². The minimum atomic E-state index is -3.58. The summed E-state index contributed by atoms with van der Waals surface area (Å²) in [4.78, 5) is 10.1. The van der Waals surface area contributed by atoms with Crippen molar-refractivity contribution < 1.29 is 18.4 Å². The number of aliphatic hydroxyl groups excluding tert-OH is 1. The molecule has 0 fully saturated rings. The predicted molar refractivity (Wildman–Crippen MR) is 74.8 cm³/mol. The van der Waals surface area contributed by atoms with Crippen LogP contribution in [0.1, 0.15) is 25.5 Å². The number of nitro groups is 1. The number of sulfone groups is 1. The largest absolute Gasteiger partial charge is 0.386 e. The molecule has 106 valence electrons. The monoisotopic (exact) mass is 351 g/mol. The molecule has 0 radical (unpaired) electrons. The van der Waals surface area contributed by atoms with Crippen molar-refractivity contribution in [2.45, 2.75) is 23.6 Å². The Morgan fingerprint density at radius 1 is 1.53 bits per heavy atom. The molecule has 0 saturated heterocycles. The van der Waals surface area contributed by atoms with Gasteiger partial charge in [-0.2, -0.15) is 0 Å². The molecular weight excluding hydrogens is 338 g/mol. The van der Waals surface area contributed by atoms with Crippen LogP contribution < -0.4 is 0 Å². The predicted octanol–water partition coefficient (Wildman–Crippen LogP) is 2.17. The molecule has 0 aliphatic carbocycles. The van der Waals surface area contributed by atoms with Gasteiger partial charge in [-0.05, 0) is 12.5 Å². The van der Waals surface area contributed by atoms with E-state index in [1.165, 1.54) is 32.0 Å². The lowest BCUT2D eigenvalue weighted by atomic mass is 10.1. The topological polar surface area (TPSA) is 97.5 Å². The summed E-state index contributed by atoms with van der Waals surface area (Å²) in [5.41, 5.74) is -0.0284. The summed E-state index contributed by atoms with van der Waals surface area (Å²) in [5, 5.41) is 20.8. The van der Waals surface area contributed by atoms with Gasteiger partial charge in [-0.25, -0.2) is 8.42 Å². The average molecular weight is 352 g/mol. The fourth-order valence-electron chi connectivity index (χ4n) is 1.56. The average Bonchev–Trinajstić information content (AvgIpc) is 2.37. The normalized spacial score (nSPS) is 16.6. The van der Waals surface area contributed by atoms with E-state index in [4.69, 9.17) is 0 Å². The van der Waals surface area contributed by atoms with E-state index >= 15 is 0 Å². The van der Waals surface area contributed by atoms with Gasteiger partial charge in [0.05, 0.1) is 4.92 Å². The van der Waals surface area contributed by atoms with E-state index in [1.807, 2.05) is 0 Å². The zero-order valence-electron chi connectivity index (χ0n) is 10.4. The lowest BCUT2D eigenvalue weighted by Gasteiger charge is -2.28. The van der Waals surface area contributed by atoms with Crippen molar-refractivity contribution in [3.63, 3.8) is 0 Å². The number of alkyl halides is 1. The minimum Gasteiger partial charge on any atom is -0.386 e. The number of aliphatic hydroxyl groups is 1. The van der Waals surface area contributed by atoms with Crippen molar-refractivity contribution in [1.82, 2.24) is 0 Å². The van der Waals surface area contributed by atoms with Crippen molar-refractivity contribution >= 4 is 31.5 Å². The van der Waals surface area contributed by atoms with Crippen LogP contribution in [0.15, 0.2) is 24.3 Å². The van der Waals surface area contributed by atoms with E-state index in [9.17, 15) is 23.6 Å². The molecule has 0 aliphatic heterocycles. The molecule has 1 rings (SSSR count). The second-order valence-electron chi connectivity index (χ2n) is 4.14. The van der Waals surface area contributed by atoms with E-state index in [-0.39, 0.29) is 17.0 Å². The maximum Gasteiger partial charge on any atom is 0.269 e. The van der Waals surface area contributed by atoms with E-state index in [1.54, 1.807) is 0 Å². The number of non-ortho nitro benzene ring substituents is 1. The van der Waals surface area contributed by atoms with Gasteiger partial charge in [0, 0.05) is 17.9 Å². The molecule has 0 saturated carbocycles. The van der Waals surface area contributed by atoms with Crippen LogP contribution in [0.5, 0.6) is 0 Å². The van der Waals surface area contributed by atoms with Gasteiger partial charge in [0.15, 0.2) is 13.5 Å². The lowest BCUT2D eigenvalue weighted by Crippen LogP contribution is -2.36. The minimum absolute atomic E-state index is 0.152. The number of rotatable bonds is 5. The molecule has 1 N–H and O–H groups in total. The second-order valence-corrected chi connectivity index (χ2v) is 8.97. The summed E-state index contributed by atoms with van der Waals surface area (Å²) in [6.45, 7) is 2.80. The van der Waals surface area contributed by atoms with Crippen molar-refractivity contribution in [1.29, 1.82) is 0 Å². The zero-order chi connectivity index (χ0) is 14.8. The summed E-state index contributed by atoms with van der Waals surface area (Å²) in [6.07, 6.45) is -1.41. The first kappa shape index (κ1) is 16.1. The van der Waals surface area contributed by atoms with Crippen molar-refractivity contribution in [2.24, 2.45) is 0 Å². The van der Waals surface area contributed by atoms with Crippen LogP contribution in [-0.2, 0) is 9.84 Å². The van der Waals surface area contributed by atoms with Gasteiger partial charge in [-0.1, -0.05) is 35.0 Å². The third-order valence-corrected chi connectivity index (χ3v) is 6.99. The maximum absolute atomic E-state index is 11.9. The number of benzene rings is 1. The fraction of sp³-hybridized carbons (Fsp3) is 0.455. The highest BCUT2D eigenvalue weighted by atomic mass is 79.9. The van der Waals surface area contributed by atoms with Crippen LogP contribution in [-0.4, -0.2) is 27.9 Å². The second kappa shape index (κ2) is 5.56. The number of nitro benzene ring substituents is 1. The Labute approximate surface area is 119 Å². The first-order valence-electron chi connectivity index (χ1n) is 5.47. The van der Waals surface area contributed by atoms with Crippen LogP contribution in [0.3, 0.4) is 0 Å². The molecule has 1 aromatic rings. The van der Waals surface area contributed by atoms with Crippen molar-refractivity contribution in [2.75, 3.05) is 5.75 Å². The zero-order valence-corrected chi connectivity index (χ0v) is 12.8. The molecule has 2 atom stereocenters. The lowest BCUT2D eigenvalue weighted by molar-refractivity contribution is -0.385. The van der Waals surface area contributed by atoms with Crippen LogP contribution >= 0.6 is 15.9 Å². The highest BCUT2D eigenvalue weighted by Gasteiger charge is 2.43. The molecule has 0 aliphatic rings. The maximum atomic E-state index is 11.9. The SMILES string of the molecule is CCS(=O)(=O)[C@@](C)(Br)[C@H](O)c1cccc([N+](=O)[O-])c1. The van der Waals surface area contributed by atoms with Crippen LogP contribution in [0, 0.1) is 10.1 Å². The molecule has 0 amide bonds. The van der Waals surface area contributed by atoms with Gasteiger partial charge in [0.2, 0.25) is 0 Å². The quantitative estimate of drug-likeness (QED) is 0.498. The highest BCUT2D eigenvalue weighted by Crippen LogP contribution is 2.39. The van der Waals surface area contributed by atoms with Gasteiger partial charge in [0.25, 0.3) is 5.69 Å². The summed E-state index contributed by atoms with van der Waals surface area (Å²) < 4.78 is 22.2. The number of hydrogen-bond donors (Lipinski definition) is 1. The van der Waals surface area contributed by atoms with Gasteiger partial charge in [0.1, 0.15) is 6.10 Å². The van der Waals surface area contributed by atoms with E-state index in [0.717, 1.165) is 6.07 Å². The summed E-state index contributed by atoms with van der Waals surface area (Å²) in [6, 6.07) is 5.28. The molecule has 8 heteroatoms. The van der Waals surface area contributed by atoms with Crippen molar-refractivity contribution in [3.05, 3.63) is 39.9 Å². The van der Waals surface area contributed by atoms with E-state index in [0.29, 0.717) is 0 Å². The van der Waals surface area contributed by atoms with Crippen molar-refractivity contribution in [3.8, 4) is 0 Å². The van der Waals surface area contributed by atoms with Crippen LogP contribution in [0.25, 0.3) is 0 Å². The molecule has 0 heterocycles. The Kier molecular flexibility index (Phi) is 4.70. The van der Waals surface area contributed by atoms with E-state index < -0.39 is 24.5 Å². The van der Waals surface area contributed by atoms with Crippen LogP contribution in [0.2, 0.25) is 0 Å². The Morgan fingerprint density at radius 3 is 2.58 bits per heavy atom. The third kappa shape index (κ3) is 3.13. The Morgan fingerprint density at radius 2 is 2.11 bits per heavy atom.